The van der Waals surface area contributed by atoms with Crippen LogP contribution in [0.1, 0.15) is 24.0 Å². The predicted octanol–water partition coefficient (Wildman–Crippen LogP) is -1.22. The van der Waals surface area contributed by atoms with Crippen molar-refractivity contribution in [1.29, 1.82) is 0 Å². The quantitative estimate of drug-likeness (QED) is 0.104. The molecule has 4 amide bonds. The van der Waals surface area contributed by atoms with Crippen LogP contribution in [-0.2, 0) is 36.8 Å². The molecule has 3 rings (SSSR count). The Morgan fingerprint density at radius 3 is 2.10 bits per heavy atom. The van der Waals surface area contributed by atoms with Gasteiger partial charge in [-0.15, -0.1) is 0 Å². The summed E-state index contributed by atoms with van der Waals surface area (Å²) in [5.74, 6) is -4.63. The third-order valence-corrected chi connectivity index (χ3v) is 6.57. The summed E-state index contributed by atoms with van der Waals surface area (Å²) in [7, 11) is 0. The van der Waals surface area contributed by atoms with E-state index in [0.717, 1.165) is 10.9 Å². The van der Waals surface area contributed by atoms with Crippen molar-refractivity contribution in [1.82, 2.24) is 20.9 Å². The molecule has 14 heteroatoms. The molecule has 0 radical (unpaired) electrons. The lowest BCUT2D eigenvalue weighted by Gasteiger charge is -2.25. The van der Waals surface area contributed by atoms with Gasteiger partial charge in [0.2, 0.25) is 23.6 Å². The smallest absolute Gasteiger partial charge is 0.326 e. The Bertz CT molecular complexity index is 1420. The lowest BCUT2D eigenvalue weighted by atomic mass is 10.0. The van der Waals surface area contributed by atoms with Gasteiger partial charge in [-0.1, -0.05) is 30.3 Å². The van der Waals surface area contributed by atoms with Crippen molar-refractivity contribution in [3.8, 4) is 5.75 Å². The zero-order valence-electron chi connectivity index (χ0n) is 22.6. The second-order valence-corrected chi connectivity index (χ2v) is 9.75. The maximum atomic E-state index is 13.3. The largest absolute Gasteiger partial charge is 0.508 e. The van der Waals surface area contributed by atoms with Gasteiger partial charge in [-0.3, -0.25) is 19.2 Å². The topological polar surface area (TPSA) is 250 Å². The fourth-order valence-electron chi connectivity index (χ4n) is 4.26. The first-order valence-corrected chi connectivity index (χ1v) is 13.1. The number of rotatable bonds is 15. The van der Waals surface area contributed by atoms with Crippen LogP contribution in [0, 0.1) is 0 Å². The van der Waals surface area contributed by atoms with E-state index in [0.29, 0.717) is 11.1 Å². The Kier molecular flexibility index (Phi) is 11.0. The molecule has 224 valence electrons. The van der Waals surface area contributed by atoms with Crippen LogP contribution in [0.5, 0.6) is 5.75 Å². The van der Waals surface area contributed by atoms with Crippen molar-refractivity contribution in [2.24, 2.45) is 11.5 Å². The van der Waals surface area contributed by atoms with Crippen LogP contribution in [0.3, 0.4) is 0 Å². The van der Waals surface area contributed by atoms with E-state index >= 15 is 0 Å². The fourth-order valence-corrected chi connectivity index (χ4v) is 4.26. The molecule has 0 bridgehead atoms. The SMILES string of the molecule is NC(=O)CCC(NC(=O)C(Cc1ccc(O)cc1)NC(=O)C(N)CO)C(=O)NC(Cc1c[nH]c2ccccc12)C(=O)O. The number of phenols is 1. The number of carbonyl (C=O) groups is 5. The number of benzene rings is 2. The minimum Gasteiger partial charge on any atom is -0.508 e. The third-order valence-electron chi connectivity index (χ3n) is 6.57. The maximum absolute atomic E-state index is 13.3. The minimum absolute atomic E-state index is 0.0186. The first-order chi connectivity index (χ1) is 20.0. The van der Waals surface area contributed by atoms with Crippen LogP contribution in [0.15, 0.2) is 54.7 Å². The second kappa shape index (κ2) is 14.6. The summed E-state index contributed by atoms with van der Waals surface area (Å²) in [5, 5.41) is 36.7. The van der Waals surface area contributed by atoms with Crippen molar-refractivity contribution < 1.29 is 39.3 Å². The molecule has 0 aliphatic heterocycles. The summed E-state index contributed by atoms with van der Waals surface area (Å²) < 4.78 is 0. The van der Waals surface area contributed by atoms with E-state index in [1.165, 1.54) is 24.3 Å². The van der Waals surface area contributed by atoms with Gasteiger partial charge in [0.25, 0.3) is 0 Å². The van der Waals surface area contributed by atoms with E-state index in [1.807, 2.05) is 18.2 Å². The van der Waals surface area contributed by atoms with E-state index in [2.05, 4.69) is 20.9 Å². The van der Waals surface area contributed by atoms with E-state index in [-0.39, 0.29) is 31.4 Å². The summed E-state index contributed by atoms with van der Waals surface area (Å²) in [6, 6.07) is 7.68. The van der Waals surface area contributed by atoms with E-state index in [4.69, 9.17) is 11.5 Å². The number of aliphatic hydroxyl groups is 1. The Labute approximate surface area is 240 Å². The molecule has 1 heterocycles. The molecule has 42 heavy (non-hydrogen) atoms. The number of nitrogens with one attached hydrogen (secondary N) is 4. The standard InChI is InChI=1S/C28H34N6O8/c29-19(14-35)25(38)33-22(11-15-5-7-17(36)8-6-15)27(40)32-21(9-10-24(30)37)26(39)34-23(28(41)42)12-16-13-31-20-4-2-1-3-18(16)20/h1-8,13,19,21-23,31,35-36H,9-12,14,29H2,(H2,30,37)(H,32,40)(H,33,38)(H,34,39)(H,41,42). The highest BCUT2D eigenvalue weighted by Crippen LogP contribution is 2.19. The molecule has 0 spiro atoms. The van der Waals surface area contributed by atoms with Crippen LogP contribution in [0.2, 0.25) is 0 Å². The molecular formula is C28H34N6O8. The number of aliphatic carboxylic acids is 1. The number of H-pyrrole nitrogens is 1. The van der Waals surface area contributed by atoms with Crippen molar-refractivity contribution in [2.45, 2.75) is 49.9 Å². The van der Waals surface area contributed by atoms with Gasteiger partial charge < -0.3 is 47.7 Å². The lowest BCUT2D eigenvalue weighted by Crippen LogP contribution is -2.58. The Hall–Kier alpha value is -4.95. The van der Waals surface area contributed by atoms with Gasteiger partial charge in [0.1, 0.15) is 29.9 Å². The van der Waals surface area contributed by atoms with Crippen molar-refractivity contribution in [3.05, 3.63) is 65.9 Å². The number of para-hydroxylation sites is 1. The lowest BCUT2D eigenvalue weighted by molar-refractivity contribution is -0.142. The first kappa shape index (κ1) is 31.6. The molecule has 0 aliphatic rings. The number of aromatic amines is 1. The number of hydrogen-bond acceptors (Lipinski definition) is 8. The van der Waals surface area contributed by atoms with Gasteiger partial charge in [0, 0.05) is 36.4 Å². The number of aliphatic hydroxyl groups excluding tert-OH is 1. The third kappa shape index (κ3) is 8.78. The monoisotopic (exact) mass is 582 g/mol. The summed E-state index contributed by atoms with van der Waals surface area (Å²) in [4.78, 5) is 65.6. The number of phenolic OH excluding ortho intramolecular Hbond substituents is 1. The summed E-state index contributed by atoms with van der Waals surface area (Å²) in [5.41, 5.74) is 12.8. The highest BCUT2D eigenvalue weighted by Gasteiger charge is 2.31. The van der Waals surface area contributed by atoms with Gasteiger partial charge in [-0.05, 0) is 35.7 Å². The summed E-state index contributed by atoms with van der Waals surface area (Å²) in [6.07, 6.45) is 0.941. The zero-order valence-corrected chi connectivity index (χ0v) is 22.6. The Morgan fingerprint density at radius 2 is 1.45 bits per heavy atom. The van der Waals surface area contributed by atoms with Crippen LogP contribution >= 0.6 is 0 Å². The average molecular weight is 583 g/mol. The molecule has 4 unspecified atom stereocenters. The molecule has 14 nitrogen and oxygen atoms in total. The molecule has 11 N–H and O–H groups in total. The van der Waals surface area contributed by atoms with Crippen LogP contribution in [0.25, 0.3) is 10.9 Å². The van der Waals surface area contributed by atoms with Gasteiger partial charge in [0.15, 0.2) is 0 Å². The average Bonchev–Trinajstić information content (AvgIpc) is 3.37. The molecule has 0 fully saturated rings. The number of amides is 4. The zero-order chi connectivity index (χ0) is 30.8. The molecule has 0 saturated heterocycles. The van der Waals surface area contributed by atoms with E-state index in [1.54, 1.807) is 12.3 Å². The van der Waals surface area contributed by atoms with Gasteiger partial charge in [-0.25, -0.2) is 4.79 Å². The summed E-state index contributed by atoms with van der Waals surface area (Å²) >= 11 is 0. The number of hydrogen-bond donors (Lipinski definition) is 9. The summed E-state index contributed by atoms with van der Waals surface area (Å²) in [6.45, 7) is -0.684. The van der Waals surface area contributed by atoms with Crippen molar-refractivity contribution in [3.63, 3.8) is 0 Å². The van der Waals surface area contributed by atoms with Crippen LogP contribution in [-0.4, -0.2) is 80.7 Å². The molecule has 1 aromatic heterocycles. The maximum Gasteiger partial charge on any atom is 0.326 e. The fraction of sp³-hybridized carbons (Fsp3) is 0.321. The van der Waals surface area contributed by atoms with Crippen molar-refractivity contribution in [2.75, 3.05) is 6.61 Å². The number of aromatic nitrogens is 1. The number of primary amides is 1. The number of aromatic hydroxyl groups is 1. The number of fused-ring (bicyclic) bond motifs is 1. The molecule has 2 aromatic carbocycles. The minimum atomic E-state index is -1.39. The first-order valence-electron chi connectivity index (χ1n) is 13.1. The number of carbonyl (C=O) groups excluding carboxylic acids is 4. The molecule has 4 atom stereocenters. The Morgan fingerprint density at radius 1 is 0.833 bits per heavy atom. The number of nitrogens with two attached hydrogens (primary N) is 2. The molecular weight excluding hydrogens is 548 g/mol. The van der Waals surface area contributed by atoms with Gasteiger partial charge in [0.05, 0.1) is 6.61 Å². The number of carboxylic acids is 1. The molecule has 3 aromatic rings. The van der Waals surface area contributed by atoms with Crippen molar-refractivity contribution >= 4 is 40.5 Å². The number of carboxylic acid groups (broad SMARTS) is 1. The van der Waals surface area contributed by atoms with E-state index in [9.17, 15) is 39.3 Å². The second-order valence-electron chi connectivity index (χ2n) is 9.75. The van der Waals surface area contributed by atoms with Crippen LogP contribution < -0.4 is 27.4 Å². The highest BCUT2D eigenvalue weighted by atomic mass is 16.4. The highest BCUT2D eigenvalue weighted by molar-refractivity contribution is 5.95. The van der Waals surface area contributed by atoms with Crippen LogP contribution in [0.4, 0.5) is 0 Å². The van der Waals surface area contributed by atoms with E-state index < -0.39 is 60.4 Å². The Balaban J connectivity index is 1.80. The molecule has 0 aliphatic carbocycles. The van der Waals surface area contributed by atoms with Gasteiger partial charge in [-0.2, -0.15) is 0 Å². The normalized spacial score (nSPS) is 13.9. The van der Waals surface area contributed by atoms with Gasteiger partial charge >= 0.3 is 5.97 Å². The molecule has 0 saturated carbocycles. The predicted molar refractivity (Wildman–Crippen MR) is 151 cm³/mol.